The molecule has 0 amide bonds. The summed E-state index contributed by atoms with van der Waals surface area (Å²) < 4.78 is 35.7. The van der Waals surface area contributed by atoms with Crippen molar-refractivity contribution >= 4 is 11.3 Å². The van der Waals surface area contributed by atoms with Gasteiger partial charge in [0.15, 0.2) is 11.5 Å². The Morgan fingerprint density at radius 1 is 1.17 bits per heavy atom. The van der Waals surface area contributed by atoms with Gasteiger partial charge in [0, 0.05) is 35.4 Å². The van der Waals surface area contributed by atoms with Crippen LogP contribution in [0, 0.1) is 0 Å². The Labute approximate surface area is 179 Å². The molecule has 0 bridgehead atoms. The van der Waals surface area contributed by atoms with Crippen molar-refractivity contribution in [2.75, 3.05) is 13.2 Å². The van der Waals surface area contributed by atoms with E-state index in [1.807, 2.05) is 18.3 Å². The van der Waals surface area contributed by atoms with E-state index in [0.29, 0.717) is 24.5 Å². The fourth-order valence-electron chi connectivity index (χ4n) is 3.01. The summed E-state index contributed by atoms with van der Waals surface area (Å²) in [6.45, 7) is 0.508. The fraction of sp³-hybridized carbons (Fsp3) is 0.364. The van der Waals surface area contributed by atoms with E-state index in [1.165, 1.54) is 0 Å². The number of aromatic nitrogens is 2. The molecule has 0 unspecified atom stereocenters. The maximum Gasteiger partial charge on any atom is 0.387 e. The zero-order valence-corrected chi connectivity index (χ0v) is 17.6. The van der Waals surface area contributed by atoms with Crippen LogP contribution in [0.15, 0.2) is 48.1 Å². The van der Waals surface area contributed by atoms with Gasteiger partial charge in [-0.05, 0) is 50.9 Å². The van der Waals surface area contributed by atoms with Crippen LogP contribution in [0.4, 0.5) is 8.78 Å². The SMILES string of the molecule is CCOc1cccc(CNCCCCc2nc(-c3cccnc3)cs2)c1OC(F)F. The summed E-state index contributed by atoms with van der Waals surface area (Å²) in [6.07, 6.45) is 6.42. The topological polar surface area (TPSA) is 56.3 Å². The van der Waals surface area contributed by atoms with Crippen molar-refractivity contribution in [2.45, 2.75) is 39.3 Å². The normalized spacial score (nSPS) is 11.1. The average Bonchev–Trinajstić information content (AvgIpc) is 3.22. The number of nitrogens with one attached hydrogen (secondary N) is 1. The molecule has 2 heterocycles. The predicted molar refractivity (Wildman–Crippen MR) is 114 cm³/mol. The number of unbranched alkanes of at least 4 members (excludes halogenated alkanes) is 1. The van der Waals surface area contributed by atoms with Crippen LogP contribution in [0.25, 0.3) is 11.3 Å². The molecule has 0 saturated heterocycles. The van der Waals surface area contributed by atoms with Gasteiger partial charge in [-0.1, -0.05) is 12.1 Å². The van der Waals surface area contributed by atoms with Crippen molar-refractivity contribution in [1.82, 2.24) is 15.3 Å². The van der Waals surface area contributed by atoms with Crippen molar-refractivity contribution < 1.29 is 18.3 Å². The number of rotatable bonds is 12. The number of ether oxygens (including phenoxy) is 2. The number of para-hydroxylation sites is 1. The Balaban J connectivity index is 1.43. The lowest BCUT2D eigenvalue weighted by Crippen LogP contribution is -2.16. The third-order valence-corrected chi connectivity index (χ3v) is 5.29. The summed E-state index contributed by atoms with van der Waals surface area (Å²) in [4.78, 5) is 8.80. The molecule has 0 atom stereocenters. The fourth-order valence-corrected chi connectivity index (χ4v) is 3.86. The summed E-state index contributed by atoms with van der Waals surface area (Å²) >= 11 is 1.66. The quantitative estimate of drug-likeness (QED) is 0.392. The number of nitrogens with zero attached hydrogens (tertiary/aromatic N) is 2. The van der Waals surface area contributed by atoms with Crippen LogP contribution in [0.3, 0.4) is 0 Å². The van der Waals surface area contributed by atoms with E-state index < -0.39 is 6.61 Å². The van der Waals surface area contributed by atoms with Crippen LogP contribution in [0.1, 0.15) is 30.3 Å². The van der Waals surface area contributed by atoms with Crippen LogP contribution in [0.5, 0.6) is 11.5 Å². The number of halogens is 2. The van der Waals surface area contributed by atoms with Crippen LogP contribution in [0.2, 0.25) is 0 Å². The number of thiazole rings is 1. The first-order valence-electron chi connectivity index (χ1n) is 9.92. The first-order valence-corrected chi connectivity index (χ1v) is 10.8. The predicted octanol–water partition coefficient (Wildman–Crippen LogP) is 5.32. The zero-order valence-electron chi connectivity index (χ0n) is 16.8. The van der Waals surface area contributed by atoms with Crippen molar-refractivity contribution in [3.8, 4) is 22.8 Å². The van der Waals surface area contributed by atoms with Gasteiger partial charge < -0.3 is 14.8 Å². The van der Waals surface area contributed by atoms with Crippen LogP contribution in [-0.2, 0) is 13.0 Å². The molecule has 0 saturated carbocycles. The van der Waals surface area contributed by atoms with Crippen molar-refractivity contribution in [3.05, 3.63) is 58.7 Å². The van der Waals surface area contributed by atoms with Gasteiger partial charge in [0.2, 0.25) is 0 Å². The lowest BCUT2D eigenvalue weighted by atomic mass is 10.1. The lowest BCUT2D eigenvalue weighted by molar-refractivity contribution is -0.0521. The highest BCUT2D eigenvalue weighted by atomic mass is 32.1. The van der Waals surface area contributed by atoms with Gasteiger partial charge in [-0.15, -0.1) is 11.3 Å². The van der Waals surface area contributed by atoms with Crippen molar-refractivity contribution in [2.24, 2.45) is 0 Å². The van der Waals surface area contributed by atoms with E-state index in [4.69, 9.17) is 9.47 Å². The van der Waals surface area contributed by atoms with Gasteiger partial charge in [-0.25, -0.2) is 4.98 Å². The van der Waals surface area contributed by atoms with Crippen LogP contribution in [-0.4, -0.2) is 29.7 Å². The molecular weight excluding hydrogens is 408 g/mol. The smallest absolute Gasteiger partial charge is 0.387 e. The number of alkyl halides is 2. The summed E-state index contributed by atoms with van der Waals surface area (Å²) in [5, 5.41) is 6.45. The molecule has 1 aromatic carbocycles. The van der Waals surface area contributed by atoms with Gasteiger partial charge in [0.05, 0.1) is 17.3 Å². The van der Waals surface area contributed by atoms with Gasteiger partial charge in [0.25, 0.3) is 0 Å². The Morgan fingerprint density at radius 2 is 2.07 bits per heavy atom. The lowest BCUT2D eigenvalue weighted by Gasteiger charge is -2.15. The Kier molecular flexibility index (Phi) is 8.53. The standard InChI is InChI=1S/C22H25F2N3O2S/c1-2-28-19-9-5-7-17(21(19)29-22(23)24)14-25-11-4-3-10-20-27-18(15-30-20)16-8-6-12-26-13-16/h5-9,12-13,15,22,25H,2-4,10-11,14H2,1H3. The largest absolute Gasteiger partial charge is 0.490 e. The Bertz CT molecular complexity index is 906. The molecule has 0 spiro atoms. The molecule has 2 aromatic heterocycles. The molecule has 0 radical (unpaired) electrons. The third kappa shape index (κ3) is 6.47. The monoisotopic (exact) mass is 433 g/mol. The van der Waals surface area contributed by atoms with E-state index in [2.05, 4.69) is 20.7 Å². The second-order valence-electron chi connectivity index (χ2n) is 6.56. The Morgan fingerprint density at radius 3 is 2.83 bits per heavy atom. The molecular formula is C22H25F2N3O2S. The van der Waals surface area contributed by atoms with E-state index >= 15 is 0 Å². The minimum atomic E-state index is -2.89. The van der Waals surface area contributed by atoms with E-state index in [1.54, 1.807) is 42.7 Å². The third-order valence-electron chi connectivity index (χ3n) is 4.39. The highest BCUT2D eigenvalue weighted by Crippen LogP contribution is 2.32. The number of benzene rings is 1. The average molecular weight is 434 g/mol. The molecule has 1 N–H and O–H groups in total. The number of hydrogen-bond acceptors (Lipinski definition) is 6. The minimum absolute atomic E-state index is 0.104. The molecule has 0 aliphatic heterocycles. The van der Waals surface area contributed by atoms with Crippen LogP contribution < -0.4 is 14.8 Å². The van der Waals surface area contributed by atoms with Crippen molar-refractivity contribution in [1.29, 1.82) is 0 Å². The Hall–Kier alpha value is -2.58. The van der Waals surface area contributed by atoms with Gasteiger partial charge in [0.1, 0.15) is 0 Å². The maximum atomic E-state index is 12.8. The minimum Gasteiger partial charge on any atom is -0.490 e. The number of pyridine rings is 1. The second-order valence-corrected chi connectivity index (χ2v) is 7.50. The molecule has 0 aliphatic carbocycles. The molecule has 30 heavy (non-hydrogen) atoms. The first kappa shape index (κ1) is 22.1. The highest BCUT2D eigenvalue weighted by molar-refractivity contribution is 7.09. The number of aryl methyl sites for hydroxylation is 1. The molecule has 3 rings (SSSR count). The number of hydrogen-bond donors (Lipinski definition) is 1. The summed E-state index contributed by atoms with van der Waals surface area (Å²) in [6, 6.07) is 9.09. The summed E-state index contributed by atoms with van der Waals surface area (Å²) in [7, 11) is 0. The molecule has 160 valence electrons. The van der Waals surface area contributed by atoms with Gasteiger partial charge in [-0.2, -0.15) is 8.78 Å². The molecule has 0 fully saturated rings. The summed E-state index contributed by atoms with van der Waals surface area (Å²) in [5.74, 6) is 0.442. The summed E-state index contributed by atoms with van der Waals surface area (Å²) in [5.41, 5.74) is 2.64. The van der Waals surface area contributed by atoms with E-state index in [0.717, 1.165) is 42.1 Å². The van der Waals surface area contributed by atoms with Gasteiger partial charge >= 0.3 is 6.61 Å². The van der Waals surface area contributed by atoms with Gasteiger partial charge in [-0.3, -0.25) is 4.98 Å². The maximum absolute atomic E-state index is 12.8. The molecule has 5 nitrogen and oxygen atoms in total. The van der Waals surface area contributed by atoms with Crippen LogP contribution >= 0.6 is 11.3 Å². The zero-order chi connectivity index (χ0) is 21.2. The molecule has 8 heteroatoms. The second kappa shape index (κ2) is 11.6. The van der Waals surface area contributed by atoms with E-state index in [9.17, 15) is 8.78 Å². The first-order chi connectivity index (χ1) is 14.7. The van der Waals surface area contributed by atoms with Crippen molar-refractivity contribution in [3.63, 3.8) is 0 Å². The van der Waals surface area contributed by atoms with E-state index in [-0.39, 0.29) is 5.75 Å². The molecule has 3 aromatic rings. The highest BCUT2D eigenvalue weighted by Gasteiger charge is 2.15. The molecule has 0 aliphatic rings.